The summed E-state index contributed by atoms with van der Waals surface area (Å²) in [6.07, 6.45) is 0. The van der Waals surface area contributed by atoms with Gasteiger partial charge in [0.1, 0.15) is 23.7 Å². The van der Waals surface area contributed by atoms with Gasteiger partial charge in [-0.1, -0.05) is 18.2 Å². The Kier molecular flexibility index (Phi) is 9.46. The van der Waals surface area contributed by atoms with Crippen molar-refractivity contribution in [3.8, 4) is 11.5 Å². The maximum atomic E-state index is 12.0. The van der Waals surface area contributed by atoms with Crippen molar-refractivity contribution < 1.29 is 23.7 Å². The molecule has 0 aliphatic heterocycles. The quantitative estimate of drug-likeness (QED) is 0.173. The highest BCUT2D eigenvalue weighted by atomic mass is 32.2. The fourth-order valence-electron chi connectivity index (χ4n) is 3.33. The zero-order valence-electron chi connectivity index (χ0n) is 22.1. The van der Waals surface area contributed by atoms with Gasteiger partial charge in [-0.25, -0.2) is 4.79 Å². The Bertz CT molecular complexity index is 1080. The van der Waals surface area contributed by atoms with Gasteiger partial charge < -0.3 is 18.9 Å². The van der Waals surface area contributed by atoms with Crippen molar-refractivity contribution in [2.75, 3.05) is 19.8 Å². The van der Waals surface area contributed by atoms with Crippen LogP contribution in [0, 0.1) is 0 Å². The van der Waals surface area contributed by atoms with Crippen LogP contribution >= 0.6 is 0 Å². The second kappa shape index (κ2) is 12.3. The Morgan fingerprint density at radius 3 is 1.64 bits per heavy atom. The van der Waals surface area contributed by atoms with Crippen molar-refractivity contribution in [3.05, 3.63) is 78.9 Å². The molecule has 5 nitrogen and oxygen atoms in total. The van der Waals surface area contributed by atoms with E-state index in [2.05, 4.69) is 48.5 Å². The van der Waals surface area contributed by atoms with Gasteiger partial charge in [0.05, 0.1) is 23.1 Å². The van der Waals surface area contributed by atoms with Crippen LogP contribution in [0.2, 0.25) is 0 Å². The second-order valence-electron chi connectivity index (χ2n) is 10.2. The molecule has 0 aliphatic carbocycles. The number of benzene rings is 3. The number of carbonyl (C=O) groups is 1. The molecular formula is C30H37O5S+. The summed E-state index contributed by atoms with van der Waals surface area (Å²) >= 11 is 0. The fraction of sp³-hybridized carbons (Fsp3) is 0.367. The Morgan fingerprint density at radius 1 is 0.639 bits per heavy atom. The van der Waals surface area contributed by atoms with E-state index in [0.29, 0.717) is 19.0 Å². The van der Waals surface area contributed by atoms with Gasteiger partial charge in [0, 0.05) is 0 Å². The van der Waals surface area contributed by atoms with Crippen LogP contribution < -0.4 is 9.47 Å². The third-order valence-electron chi connectivity index (χ3n) is 4.76. The van der Waals surface area contributed by atoms with Crippen molar-refractivity contribution in [1.82, 2.24) is 0 Å². The van der Waals surface area contributed by atoms with E-state index in [9.17, 15) is 4.79 Å². The summed E-state index contributed by atoms with van der Waals surface area (Å²) in [6, 6.07) is 26.6. The molecule has 0 aromatic heterocycles. The average Bonchev–Trinajstić information content (AvgIpc) is 2.81. The molecule has 0 N–H and O–H groups in total. The molecule has 1 atom stereocenters. The van der Waals surface area contributed by atoms with Gasteiger partial charge in [0.2, 0.25) is 0 Å². The first-order valence-electron chi connectivity index (χ1n) is 12.1. The molecule has 0 bridgehead atoms. The van der Waals surface area contributed by atoms with Crippen LogP contribution in [-0.4, -0.2) is 37.0 Å². The smallest absolute Gasteiger partial charge is 0.344 e. The van der Waals surface area contributed by atoms with E-state index in [0.717, 1.165) is 10.6 Å². The summed E-state index contributed by atoms with van der Waals surface area (Å²) in [6.45, 7) is 12.5. The lowest BCUT2D eigenvalue weighted by molar-refractivity contribution is -0.157. The Hall–Kier alpha value is -2.96. The summed E-state index contributed by atoms with van der Waals surface area (Å²) in [5.41, 5.74) is -0.706. The molecule has 3 aromatic carbocycles. The van der Waals surface area contributed by atoms with Crippen molar-refractivity contribution in [1.29, 1.82) is 0 Å². The minimum Gasteiger partial charge on any atom is -0.491 e. The number of hydrogen-bond acceptors (Lipinski definition) is 5. The number of ether oxygens (including phenoxy) is 4. The van der Waals surface area contributed by atoms with Crippen molar-refractivity contribution in [3.63, 3.8) is 0 Å². The summed E-state index contributed by atoms with van der Waals surface area (Å²) in [5, 5.41) is 0. The van der Waals surface area contributed by atoms with Crippen LogP contribution in [0.4, 0.5) is 0 Å². The van der Waals surface area contributed by atoms with Gasteiger partial charge in [-0.3, -0.25) is 0 Å². The van der Waals surface area contributed by atoms with Gasteiger partial charge >= 0.3 is 5.97 Å². The lowest BCUT2D eigenvalue weighted by Crippen LogP contribution is -2.27. The second-order valence-corrected chi connectivity index (χ2v) is 12.3. The summed E-state index contributed by atoms with van der Waals surface area (Å²) in [5.74, 6) is 1.06. The van der Waals surface area contributed by atoms with Gasteiger partial charge in [-0.15, -0.1) is 0 Å². The molecule has 0 radical (unpaired) electrons. The van der Waals surface area contributed by atoms with Crippen molar-refractivity contribution >= 4 is 16.9 Å². The van der Waals surface area contributed by atoms with Crippen LogP contribution in [0.25, 0.3) is 0 Å². The number of hydrogen-bond donors (Lipinski definition) is 0. The number of rotatable bonds is 10. The summed E-state index contributed by atoms with van der Waals surface area (Å²) in [4.78, 5) is 15.5. The molecular weight excluding hydrogens is 472 g/mol. The van der Waals surface area contributed by atoms with Gasteiger partial charge in [0.15, 0.2) is 21.3 Å². The van der Waals surface area contributed by atoms with Gasteiger partial charge in [-0.05, 0) is 102 Å². The molecule has 0 fully saturated rings. The summed E-state index contributed by atoms with van der Waals surface area (Å²) in [7, 11) is -0.304. The van der Waals surface area contributed by atoms with E-state index in [1.807, 2.05) is 71.9 Å². The highest BCUT2D eigenvalue weighted by Gasteiger charge is 2.28. The van der Waals surface area contributed by atoms with E-state index in [-0.39, 0.29) is 29.1 Å². The molecule has 0 saturated heterocycles. The minimum absolute atomic E-state index is 0.122. The Balaban J connectivity index is 1.71. The SMILES string of the molecule is CC(C)(C)OCCOc1ccc([S+](c2ccccc2)c2ccc(OCC(=O)OC(C)(C)C)cc2)cc1. The van der Waals surface area contributed by atoms with Crippen LogP contribution in [0.1, 0.15) is 41.5 Å². The van der Waals surface area contributed by atoms with E-state index >= 15 is 0 Å². The zero-order chi connectivity index (χ0) is 26.2. The Morgan fingerprint density at radius 2 is 1.14 bits per heavy atom. The average molecular weight is 510 g/mol. The van der Waals surface area contributed by atoms with E-state index in [4.69, 9.17) is 18.9 Å². The Labute approximate surface area is 218 Å². The van der Waals surface area contributed by atoms with E-state index in [1.165, 1.54) is 9.79 Å². The molecule has 0 aliphatic rings. The fourth-order valence-corrected chi connectivity index (χ4v) is 5.39. The molecule has 0 spiro atoms. The van der Waals surface area contributed by atoms with Crippen molar-refractivity contribution in [2.45, 2.75) is 67.4 Å². The molecule has 0 amide bonds. The first-order valence-corrected chi connectivity index (χ1v) is 13.3. The monoisotopic (exact) mass is 509 g/mol. The van der Waals surface area contributed by atoms with Crippen LogP contribution in [-0.2, 0) is 25.2 Å². The van der Waals surface area contributed by atoms with Crippen LogP contribution in [0.15, 0.2) is 93.5 Å². The molecule has 3 rings (SSSR count). The normalized spacial score (nSPS) is 12.6. The third kappa shape index (κ3) is 9.25. The zero-order valence-corrected chi connectivity index (χ0v) is 22.9. The molecule has 1 unspecified atom stereocenters. The topological polar surface area (TPSA) is 54.0 Å². The third-order valence-corrected chi connectivity index (χ3v) is 6.99. The van der Waals surface area contributed by atoms with Crippen molar-refractivity contribution in [2.24, 2.45) is 0 Å². The maximum Gasteiger partial charge on any atom is 0.344 e. The first kappa shape index (κ1) is 27.6. The molecule has 192 valence electrons. The number of carbonyl (C=O) groups excluding carboxylic acids is 1. The van der Waals surface area contributed by atoms with Crippen LogP contribution in [0.3, 0.4) is 0 Å². The predicted octanol–water partition coefficient (Wildman–Crippen LogP) is 6.70. The molecule has 0 saturated carbocycles. The lowest BCUT2D eigenvalue weighted by atomic mass is 10.2. The largest absolute Gasteiger partial charge is 0.491 e. The van der Waals surface area contributed by atoms with Crippen LogP contribution in [0.5, 0.6) is 11.5 Å². The maximum absolute atomic E-state index is 12.0. The first-order chi connectivity index (χ1) is 17.0. The highest BCUT2D eigenvalue weighted by molar-refractivity contribution is 7.97. The molecule has 0 heterocycles. The van der Waals surface area contributed by atoms with E-state index < -0.39 is 5.60 Å². The molecule has 36 heavy (non-hydrogen) atoms. The highest BCUT2D eigenvalue weighted by Crippen LogP contribution is 2.33. The van der Waals surface area contributed by atoms with E-state index in [1.54, 1.807) is 0 Å². The number of esters is 1. The minimum atomic E-state index is -0.533. The van der Waals surface area contributed by atoms with Gasteiger partial charge in [0.25, 0.3) is 0 Å². The molecule has 6 heteroatoms. The lowest BCUT2D eigenvalue weighted by Gasteiger charge is -2.19. The summed E-state index contributed by atoms with van der Waals surface area (Å²) < 4.78 is 22.6. The standard InChI is InChI=1S/C30H37O5S/c1-29(2,3)34-21-20-32-23-12-16-26(17-13-23)36(25-10-8-7-9-11-25)27-18-14-24(15-19-27)33-22-28(31)35-30(4,5)6/h7-19H,20-22H2,1-6H3/q+1. The van der Waals surface area contributed by atoms with Gasteiger partial charge in [-0.2, -0.15) is 0 Å². The predicted molar refractivity (Wildman–Crippen MR) is 144 cm³/mol. The molecule has 3 aromatic rings.